The fourth-order valence-electron chi connectivity index (χ4n) is 6.35. The molecule has 0 saturated carbocycles. The Hall–Kier alpha value is -7.72. The molecule has 4 N–H and O–H groups in total. The molecule has 9 rings (SSSR count). The fourth-order valence-corrected chi connectivity index (χ4v) is 6.35. The van der Waals surface area contributed by atoms with Gasteiger partial charge in [0.1, 0.15) is 44.4 Å². The summed E-state index contributed by atoms with van der Waals surface area (Å²) in [5.74, 6) is 1.34. The van der Waals surface area contributed by atoms with Gasteiger partial charge in [0.2, 0.25) is 0 Å². The van der Waals surface area contributed by atoms with Crippen LogP contribution in [0.1, 0.15) is 0 Å². The van der Waals surface area contributed by atoms with Crippen molar-refractivity contribution in [2.24, 2.45) is 20.0 Å². The van der Waals surface area contributed by atoms with Crippen molar-refractivity contribution in [1.82, 2.24) is 19.9 Å². The van der Waals surface area contributed by atoms with Crippen molar-refractivity contribution in [3.8, 4) is 0 Å². The molecular formula is C32H16N16. The van der Waals surface area contributed by atoms with E-state index >= 15 is 0 Å². The van der Waals surface area contributed by atoms with Crippen LogP contribution in [0.15, 0.2) is 92.8 Å². The maximum atomic E-state index is 10.2. The Bertz CT molecular complexity index is 3160. The zero-order valence-corrected chi connectivity index (χ0v) is 24.3. The molecule has 1 aliphatic rings. The van der Waals surface area contributed by atoms with Gasteiger partial charge in [0.25, 0.3) is 0 Å². The molecular weight excluding hydrogens is 608 g/mol. The number of hydrogen-bond donors (Lipinski definition) is 4. The van der Waals surface area contributed by atoms with Gasteiger partial charge in [-0.1, -0.05) is 72.8 Å². The number of nitrogens with one attached hydrogen (secondary N) is 4. The minimum Gasteiger partial charge on any atom is -0.360 e. The first-order valence-corrected chi connectivity index (χ1v) is 14.5. The van der Waals surface area contributed by atoms with Gasteiger partial charge < -0.3 is 42.1 Å². The van der Waals surface area contributed by atoms with Gasteiger partial charge in [0.15, 0.2) is 11.6 Å². The predicted octanol–water partition coefficient (Wildman–Crippen LogP) is 1.13. The van der Waals surface area contributed by atoms with Crippen molar-refractivity contribution in [3.05, 3.63) is 138 Å². The number of nitrogens with zero attached hydrogens (tertiary/aromatic N) is 12. The van der Waals surface area contributed by atoms with Crippen LogP contribution in [0.4, 0.5) is 23.3 Å². The number of aromatic nitrogens is 4. The molecule has 8 bridgehead atoms. The lowest BCUT2D eigenvalue weighted by molar-refractivity contribution is -0.145. The number of hydrogen-bond acceptors (Lipinski definition) is 4. The molecule has 0 amide bonds. The third-order valence-electron chi connectivity index (χ3n) is 8.42. The summed E-state index contributed by atoms with van der Waals surface area (Å²) in [7, 11) is 0. The Morgan fingerprint density at radius 2 is 0.646 bits per heavy atom. The summed E-state index contributed by atoms with van der Waals surface area (Å²) in [6, 6.07) is 22.8. The van der Waals surface area contributed by atoms with Crippen LogP contribution in [0.5, 0.6) is 0 Å². The van der Waals surface area contributed by atoms with Crippen LogP contribution in [-0.2, 0) is 0 Å². The quantitative estimate of drug-likeness (QED) is 0.137. The van der Waals surface area contributed by atoms with Crippen LogP contribution < -0.4 is 43.4 Å². The van der Waals surface area contributed by atoms with Crippen molar-refractivity contribution in [3.63, 3.8) is 0 Å². The van der Waals surface area contributed by atoms with Crippen LogP contribution in [0.3, 0.4) is 0 Å². The summed E-state index contributed by atoms with van der Waals surface area (Å²) in [4.78, 5) is 46.0. The van der Waals surface area contributed by atoms with Crippen molar-refractivity contribution in [2.45, 2.75) is 0 Å². The predicted molar refractivity (Wildman–Crippen MR) is 166 cm³/mol. The van der Waals surface area contributed by atoms with Crippen LogP contribution >= 0.6 is 0 Å². The monoisotopic (exact) mass is 624 g/mol. The van der Waals surface area contributed by atoms with Crippen molar-refractivity contribution in [2.75, 3.05) is 0 Å². The number of aromatic amines is 4. The topological polar surface area (TPSA) is 258 Å². The molecule has 8 aromatic rings. The zero-order valence-electron chi connectivity index (χ0n) is 24.3. The largest absolute Gasteiger partial charge is 0.500 e. The smallest absolute Gasteiger partial charge is 0.360 e. The second kappa shape index (κ2) is 9.89. The molecule has 48 heavy (non-hydrogen) atoms. The molecule has 0 atom stereocenters. The van der Waals surface area contributed by atoms with E-state index in [-0.39, 0.29) is 33.1 Å². The highest BCUT2D eigenvalue weighted by molar-refractivity contribution is 6.00. The highest BCUT2D eigenvalue weighted by Crippen LogP contribution is 2.33. The first-order chi connectivity index (χ1) is 23.6. The molecule has 0 spiro atoms. The van der Waals surface area contributed by atoms with E-state index in [0.717, 1.165) is 21.5 Å². The lowest BCUT2D eigenvalue weighted by Gasteiger charge is -1.91. The van der Waals surface area contributed by atoms with Crippen LogP contribution in [0.25, 0.3) is 65.2 Å². The van der Waals surface area contributed by atoms with E-state index in [2.05, 4.69) is 39.1 Å². The van der Waals surface area contributed by atoms with E-state index in [0.29, 0.717) is 44.4 Å². The van der Waals surface area contributed by atoms with Gasteiger partial charge in [-0.15, -0.1) is 9.58 Å². The first-order valence-electron chi connectivity index (χ1n) is 14.5. The van der Waals surface area contributed by atoms with Gasteiger partial charge >= 0.3 is 21.4 Å². The average Bonchev–Trinajstić information content (AvgIpc) is 3.86. The first kappa shape index (κ1) is 26.7. The minimum atomic E-state index is -0.471. The summed E-state index contributed by atoms with van der Waals surface area (Å²) in [5, 5.41) is 3.22. The highest BCUT2D eigenvalue weighted by atomic mass is 15.1. The number of H-pyrrole nitrogens is 4. The zero-order chi connectivity index (χ0) is 32.5. The second-order valence-corrected chi connectivity index (χ2v) is 10.9. The van der Waals surface area contributed by atoms with E-state index in [1.165, 1.54) is 0 Å². The molecule has 16 heteroatoms. The highest BCUT2D eigenvalue weighted by Gasteiger charge is 2.33. The average molecular weight is 625 g/mol. The Kier molecular flexibility index (Phi) is 5.49. The van der Waals surface area contributed by atoms with Gasteiger partial charge in [-0.3, -0.25) is 0 Å². The van der Waals surface area contributed by atoms with Crippen molar-refractivity contribution in [1.29, 1.82) is 0 Å². The number of rotatable bonds is 0. The molecule has 0 fully saturated rings. The Balaban J connectivity index is 1.60. The maximum absolute atomic E-state index is 10.2. The fraction of sp³-hybridized carbons (Fsp3) is 0. The van der Waals surface area contributed by atoms with Gasteiger partial charge in [0.05, 0.1) is 0 Å². The maximum Gasteiger partial charge on any atom is 0.500 e. The van der Waals surface area contributed by atoms with Crippen LogP contribution in [0.2, 0.25) is 0 Å². The van der Waals surface area contributed by atoms with Crippen LogP contribution in [0, 0.1) is 0 Å². The molecule has 0 radical (unpaired) electrons. The van der Waals surface area contributed by atoms with Crippen molar-refractivity contribution < 1.29 is 19.2 Å². The molecule has 0 unspecified atom stereocenters. The van der Waals surface area contributed by atoms with Gasteiger partial charge in [-0.25, -0.2) is 20.0 Å². The summed E-state index contributed by atoms with van der Waals surface area (Å²) >= 11 is 0. The van der Waals surface area contributed by atoms with E-state index in [4.69, 9.17) is 20.0 Å². The third kappa shape index (κ3) is 3.62. The van der Waals surface area contributed by atoms with Gasteiger partial charge in [-0.2, -0.15) is 9.58 Å². The van der Waals surface area contributed by atoms with Gasteiger partial charge in [0, 0.05) is 32.3 Å². The normalized spacial score (nSPS) is 12.0. The van der Waals surface area contributed by atoms with Gasteiger partial charge in [-0.05, 0) is 0 Å². The Morgan fingerprint density at radius 1 is 0.354 bits per heavy atom. The molecule has 224 valence electrons. The standard InChI is InChI=1S/C32H16N16/c33-45-21-19-20(22(46-34)24(48-36)23(21)47-35)32-43-30-18-12-6-4-10-16(18)28(41-30)39-26-14-8-2-1-7-13(14)25(37-26)38-27-15-9-3-5-11-17(15)29(40-27)42-31(19)44-32/h1-12H,(H4,37,38,39,40,41,42,43,44). The second-order valence-electron chi connectivity index (χ2n) is 10.9. The molecule has 4 aromatic carbocycles. The molecule has 16 nitrogen and oxygen atoms in total. The lowest BCUT2D eigenvalue weighted by Crippen LogP contribution is -2.51. The summed E-state index contributed by atoms with van der Waals surface area (Å²) in [5.41, 5.74) is 41.9. The molecule has 4 aromatic heterocycles. The van der Waals surface area contributed by atoms with E-state index in [1.54, 1.807) is 0 Å². The summed E-state index contributed by atoms with van der Waals surface area (Å²) in [6.45, 7) is 0. The Labute approximate surface area is 263 Å². The molecule has 0 aliphatic carbocycles. The molecule has 5 heterocycles. The third-order valence-corrected chi connectivity index (χ3v) is 8.42. The minimum absolute atomic E-state index is 0.0612. The van der Waals surface area contributed by atoms with E-state index in [9.17, 15) is 22.1 Å². The SMILES string of the molecule is [N-]=[N+]=c1c(=[N+]=[N-])c(=[N+]=[N-])c2c3[nH]c(c2c1=[N+]=[N-])N=c1[nH]c(c2ccccc12)=Nc1[nH]c(c2ccccc12)N=c1[nH]c(c2ccccc12)=N3. The molecule has 1 aliphatic heterocycles. The van der Waals surface area contributed by atoms with Crippen molar-refractivity contribution >= 4 is 66.4 Å². The number of fused-ring (bicyclic) bond motifs is 20. The lowest BCUT2D eigenvalue weighted by atomic mass is 10.1. The summed E-state index contributed by atoms with van der Waals surface area (Å²) < 4.78 is 0. The van der Waals surface area contributed by atoms with Crippen LogP contribution in [-0.4, -0.2) is 39.1 Å². The Morgan fingerprint density at radius 3 is 0.979 bits per heavy atom. The van der Waals surface area contributed by atoms with E-state index in [1.807, 2.05) is 72.8 Å². The van der Waals surface area contributed by atoms with E-state index < -0.39 is 10.7 Å². The number of benzene rings is 4. The summed E-state index contributed by atoms with van der Waals surface area (Å²) in [6.07, 6.45) is 0. The molecule has 0 saturated heterocycles.